The van der Waals surface area contributed by atoms with Gasteiger partial charge in [0.05, 0.1) is 4.90 Å². The summed E-state index contributed by atoms with van der Waals surface area (Å²) in [6, 6.07) is 16.7. The lowest BCUT2D eigenvalue weighted by molar-refractivity contribution is 0.384. The van der Waals surface area contributed by atoms with E-state index in [2.05, 4.69) is 20.0 Å². The molecule has 5 rings (SSSR count). The van der Waals surface area contributed by atoms with Gasteiger partial charge in [0.1, 0.15) is 11.6 Å². The molecule has 0 atom stereocenters. The first-order valence-corrected chi connectivity index (χ1v) is 11.5. The number of benzene rings is 2. The minimum absolute atomic E-state index is 0.359. The van der Waals surface area contributed by atoms with Gasteiger partial charge in [0.2, 0.25) is 10.0 Å². The molecule has 1 aliphatic heterocycles. The predicted molar refractivity (Wildman–Crippen MR) is 119 cm³/mol. The van der Waals surface area contributed by atoms with Gasteiger partial charge in [-0.3, -0.25) is 0 Å². The van der Waals surface area contributed by atoms with E-state index in [0.717, 1.165) is 16.6 Å². The minimum atomic E-state index is -3.59. The number of aryl methyl sites for hydroxylation is 1. The maximum absolute atomic E-state index is 13.4. The number of fused-ring (bicyclic) bond motifs is 1. The van der Waals surface area contributed by atoms with E-state index in [1.807, 2.05) is 55.6 Å². The molecule has 2 aromatic carbocycles. The van der Waals surface area contributed by atoms with Crippen LogP contribution in [-0.2, 0) is 10.0 Å². The minimum Gasteiger partial charge on any atom is -0.354 e. The number of hydrogen-bond donors (Lipinski definition) is 0. The fourth-order valence-corrected chi connectivity index (χ4v) is 5.57. The van der Waals surface area contributed by atoms with Gasteiger partial charge in [-0.05, 0) is 24.4 Å². The van der Waals surface area contributed by atoms with Crippen LogP contribution in [0.3, 0.4) is 0 Å². The molecule has 4 aromatic rings. The number of hydrogen-bond acceptors (Lipinski definition) is 6. The second-order valence-electron chi connectivity index (χ2n) is 7.45. The van der Waals surface area contributed by atoms with Crippen LogP contribution in [0.2, 0.25) is 0 Å². The normalized spacial score (nSPS) is 15.5. The Labute approximate surface area is 180 Å². The van der Waals surface area contributed by atoms with Crippen molar-refractivity contribution in [2.24, 2.45) is 0 Å². The van der Waals surface area contributed by atoms with Gasteiger partial charge >= 0.3 is 0 Å². The van der Waals surface area contributed by atoms with Crippen LogP contribution in [0.15, 0.2) is 71.9 Å². The molecule has 0 bridgehead atoms. The van der Waals surface area contributed by atoms with E-state index >= 15 is 0 Å². The standard InChI is InChI=1S/C22H22N6O2S/c1-17-24-21(16-22(25-17)28-11-5-10-23-28)26-12-14-27(15-13-26)31(29,30)20-9-4-7-18-6-2-3-8-19(18)20/h2-11,16H,12-15H2,1H3. The van der Waals surface area contributed by atoms with Crippen LogP contribution >= 0.6 is 0 Å². The third-order valence-electron chi connectivity index (χ3n) is 5.48. The van der Waals surface area contributed by atoms with Crippen LogP contribution in [0.5, 0.6) is 0 Å². The molecule has 0 spiro atoms. The maximum Gasteiger partial charge on any atom is 0.243 e. The zero-order valence-electron chi connectivity index (χ0n) is 17.1. The van der Waals surface area contributed by atoms with Crippen LogP contribution in [0.25, 0.3) is 16.6 Å². The Morgan fingerprint density at radius 2 is 1.61 bits per heavy atom. The second kappa shape index (κ2) is 7.75. The molecule has 0 saturated carbocycles. The van der Waals surface area contributed by atoms with Crippen LogP contribution in [-0.4, -0.2) is 58.7 Å². The molecule has 1 saturated heterocycles. The van der Waals surface area contributed by atoms with Crippen molar-refractivity contribution >= 4 is 26.6 Å². The van der Waals surface area contributed by atoms with Gasteiger partial charge in [0, 0.05) is 50.0 Å². The highest BCUT2D eigenvalue weighted by molar-refractivity contribution is 7.89. The fourth-order valence-electron chi connectivity index (χ4n) is 3.94. The van der Waals surface area contributed by atoms with Gasteiger partial charge in [-0.1, -0.05) is 36.4 Å². The molecule has 31 heavy (non-hydrogen) atoms. The third-order valence-corrected chi connectivity index (χ3v) is 7.44. The molecule has 0 amide bonds. The summed E-state index contributed by atoms with van der Waals surface area (Å²) < 4.78 is 30.0. The number of rotatable bonds is 4. The maximum atomic E-state index is 13.4. The number of nitrogens with zero attached hydrogens (tertiary/aromatic N) is 6. The Morgan fingerprint density at radius 1 is 0.871 bits per heavy atom. The Kier molecular flexibility index (Phi) is 4.91. The number of piperazine rings is 1. The molecule has 1 aliphatic rings. The summed E-state index contributed by atoms with van der Waals surface area (Å²) in [5, 5.41) is 5.91. The monoisotopic (exact) mass is 434 g/mol. The SMILES string of the molecule is Cc1nc(N2CCN(S(=O)(=O)c3cccc4ccccc34)CC2)cc(-n2cccn2)n1. The van der Waals surface area contributed by atoms with Crippen LogP contribution in [0.4, 0.5) is 5.82 Å². The summed E-state index contributed by atoms with van der Waals surface area (Å²) in [6.07, 6.45) is 3.54. The molecule has 2 aromatic heterocycles. The van der Waals surface area contributed by atoms with Gasteiger partial charge in [0.15, 0.2) is 5.82 Å². The highest BCUT2D eigenvalue weighted by atomic mass is 32.2. The highest BCUT2D eigenvalue weighted by Crippen LogP contribution is 2.27. The molecular formula is C22H22N6O2S. The topological polar surface area (TPSA) is 84.2 Å². The van der Waals surface area contributed by atoms with Crippen LogP contribution < -0.4 is 4.90 Å². The summed E-state index contributed by atoms with van der Waals surface area (Å²) in [5.74, 6) is 2.12. The molecule has 3 heterocycles. The van der Waals surface area contributed by atoms with Crippen molar-refractivity contribution in [1.29, 1.82) is 0 Å². The zero-order valence-corrected chi connectivity index (χ0v) is 17.9. The van der Waals surface area contributed by atoms with Gasteiger partial charge < -0.3 is 4.90 Å². The molecular weight excluding hydrogens is 412 g/mol. The van der Waals surface area contributed by atoms with Gasteiger partial charge in [-0.15, -0.1) is 0 Å². The highest BCUT2D eigenvalue weighted by Gasteiger charge is 2.30. The molecule has 0 N–H and O–H groups in total. The quantitative estimate of drug-likeness (QED) is 0.491. The lowest BCUT2D eigenvalue weighted by atomic mass is 10.1. The zero-order chi connectivity index (χ0) is 21.4. The van der Waals surface area contributed by atoms with E-state index in [1.54, 1.807) is 27.3 Å². The van der Waals surface area contributed by atoms with Gasteiger partial charge in [0.25, 0.3) is 0 Å². The van der Waals surface area contributed by atoms with Gasteiger partial charge in [-0.2, -0.15) is 9.40 Å². The average Bonchev–Trinajstić information content (AvgIpc) is 3.33. The van der Waals surface area contributed by atoms with Crippen molar-refractivity contribution in [2.75, 3.05) is 31.1 Å². The molecule has 0 radical (unpaired) electrons. The second-order valence-corrected chi connectivity index (χ2v) is 9.36. The van der Waals surface area contributed by atoms with E-state index in [1.165, 1.54) is 0 Å². The largest absolute Gasteiger partial charge is 0.354 e. The Balaban J connectivity index is 1.38. The van der Waals surface area contributed by atoms with Crippen molar-refractivity contribution in [3.05, 3.63) is 72.8 Å². The molecule has 1 fully saturated rings. The van der Waals surface area contributed by atoms with Crippen LogP contribution in [0, 0.1) is 6.92 Å². The third kappa shape index (κ3) is 3.66. The van der Waals surface area contributed by atoms with Crippen molar-refractivity contribution in [2.45, 2.75) is 11.8 Å². The Morgan fingerprint density at radius 3 is 2.39 bits per heavy atom. The number of aromatic nitrogens is 4. The van der Waals surface area contributed by atoms with Gasteiger partial charge in [-0.25, -0.2) is 23.1 Å². The first-order chi connectivity index (χ1) is 15.0. The molecule has 8 nitrogen and oxygen atoms in total. The Hall–Kier alpha value is -3.30. The summed E-state index contributed by atoms with van der Waals surface area (Å²) in [4.78, 5) is 11.5. The number of sulfonamides is 1. The molecule has 0 unspecified atom stereocenters. The summed E-state index contributed by atoms with van der Waals surface area (Å²) in [7, 11) is -3.59. The van der Waals surface area contributed by atoms with E-state index in [-0.39, 0.29) is 0 Å². The molecule has 0 aliphatic carbocycles. The first-order valence-electron chi connectivity index (χ1n) is 10.1. The number of anilines is 1. The van der Waals surface area contributed by atoms with E-state index in [0.29, 0.717) is 42.7 Å². The summed E-state index contributed by atoms with van der Waals surface area (Å²) in [6.45, 7) is 3.74. The lowest BCUT2D eigenvalue weighted by Gasteiger charge is -2.35. The molecule has 158 valence electrons. The van der Waals surface area contributed by atoms with E-state index in [4.69, 9.17) is 0 Å². The first kappa shape index (κ1) is 19.7. The van der Waals surface area contributed by atoms with Crippen LogP contribution in [0.1, 0.15) is 5.82 Å². The summed E-state index contributed by atoms with van der Waals surface area (Å²) >= 11 is 0. The van der Waals surface area contributed by atoms with E-state index < -0.39 is 10.0 Å². The smallest absolute Gasteiger partial charge is 0.243 e. The lowest BCUT2D eigenvalue weighted by Crippen LogP contribution is -2.49. The van der Waals surface area contributed by atoms with E-state index in [9.17, 15) is 8.42 Å². The van der Waals surface area contributed by atoms with Crippen molar-refractivity contribution in [3.8, 4) is 5.82 Å². The predicted octanol–water partition coefficient (Wildman–Crippen LogP) is 2.63. The Bertz CT molecular complexity index is 1320. The van der Waals surface area contributed by atoms with Crippen molar-refractivity contribution in [1.82, 2.24) is 24.1 Å². The van der Waals surface area contributed by atoms with Crippen molar-refractivity contribution < 1.29 is 8.42 Å². The fraction of sp³-hybridized carbons (Fsp3) is 0.227. The average molecular weight is 435 g/mol. The van der Waals surface area contributed by atoms with Crippen molar-refractivity contribution in [3.63, 3.8) is 0 Å². The molecule has 9 heteroatoms. The summed E-state index contributed by atoms with van der Waals surface area (Å²) in [5.41, 5.74) is 0.